The van der Waals surface area contributed by atoms with E-state index in [2.05, 4.69) is 0 Å². The Hall–Kier alpha value is -3.86. The van der Waals surface area contributed by atoms with Crippen LogP contribution >= 0.6 is 0 Å². The van der Waals surface area contributed by atoms with Crippen molar-refractivity contribution in [3.05, 3.63) is 46.3 Å². The molecule has 0 bridgehead atoms. The van der Waals surface area contributed by atoms with E-state index in [4.69, 9.17) is 9.47 Å². The molecular formula is C26H30FN3O11. The van der Waals surface area contributed by atoms with Crippen LogP contribution in [-0.2, 0) is 34.0 Å². The van der Waals surface area contributed by atoms with Gasteiger partial charge in [0.15, 0.2) is 29.4 Å². The molecular weight excluding hydrogens is 549 g/mol. The molecule has 2 unspecified atom stereocenters. The fourth-order valence-corrected chi connectivity index (χ4v) is 4.75. The van der Waals surface area contributed by atoms with E-state index in [-0.39, 0.29) is 35.5 Å². The minimum Gasteiger partial charge on any atom is -0.504 e. The zero-order chi connectivity index (χ0) is 30.1. The summed E-state index contributed by atoms with van der Waals surface area (Å²) in [5.74, 6) is -9.47. The summed E-state index contributed by atoms with van der Waals surface area (Å²) in [6.45, 7) is 0.735. The number of piperidine rings is 1. The Morgan fingerprint density at radius 2 is 1.78 bits per heavy atom. The van der Waals surface area contributed by atoms with Crippen LogP contribution in [0.5, 0.6) is 23.0 Å². The molecule has 2 aromatic carbocycles. The van der Waals surface area contributed by atoms with Crippen molar-refractivity contribution in [2.45, 2.75) is 37.6 Å². The van der Waals surface area contributed by atoms with Crippen molar-refractivity contribution in [1.29, 1.82) is 0 Å². The maximum atomic E-state index is 15.2. The first-order valence-electron chi connectivity index (χ1n) is 12.5. The topological polar surface area (TPSA) is 210 Å². The highest BCUT2D eigenvalue weighted by molar-refractivity contribution is 6.04. The number of nitrogens with one attached hydrogen (secondary N) is 1. The molecule has 7 N–H and O–H groups in total. The number of ether oxygens (including phenoxy) is 2. The normalized spacial score (nSPS) is 21.1. The molecule has 14 nitrogen and oxygen atoms in total. The molecule has 2 fully saturated rings. The Morgan fingerprint density at radius 3 is 2.44 bits per heavy atom. The number of morpholine rings is 1. The largest absolute Gasteiger partial charge is 0.504 e. The Balaban J connectivity index is 1.58. The number of aliphatic hydroxyl groups is 3. The maximum absolute atomic E-state index is 15.2. The number of phenolic OH excluding ortho intramolecular Hbond substituents is 3. The Kier molecular flexibility index (Phi) is 8.77. The lowest BCUT2D eigenvalue weighted by Crippen LogP contribution is -2.71. The van der Waals surface area contributed by atoms with Crippen LogP contribution in [0.3, 0.4) is 0 Å². The quantitative estimate of drug-likeness (QED) is 0.0604. The lowest BCUT2D eigenvalue weighted by molar-refractivity contribution is -0.239. The molecule has 0 spiro atoms. The van der Waals surface area contributed by atoms with Crippen LogP contribution in [-0.4, -0.2) is 110 Å². The summed E-state index contributed by atoms with van der Waals surface area (Å²) in [4.78, 5) is 38.8. The molecule has 2 amide bonds. The third-order valence-corrected chi connectivity index (χ3v) is 7.14. The number of aromatic hydroxyl groups is 3. The average Bonchev–Trinajstić information content (AvgIpc) is 2.94. The van der Waals surface area contributed by atoms with Crippen molar-refractivity contribution >= 4 is 18.1 Å². The lowest BCUT2D eigenvalue weighted by Gasteiger charge is -2.39. The SMILES string of the molecule is CN(Cc1c(C=O)cccc1OCc1c(O)c(O)c(CN2CCOCC2)c(O)c1F)C1C(=O)NC(=O)C(O)(O)C1O. The van der Waals surface area contributed by atoms with Crippen molar-refractivity contribution in [3.63, 3.8) is 0 Å². The fourth-order valence-electron chi connectivity index (χ4n) is 4.75. The summed E-state index contributed by atoms with van der Waals surface area (Å²) in [7, 11) is 1.31. The molecule has 0 radical (unpaired) electrons. The van der Waals surface area contributed by atoms with Gasteiger partial charge in [-0.15, -0.1) is 0 Å². The summed E-state index contributed by atoms with van der Waals surface area (Å²) in [5.41, 5.74) is -0.581. The maximum Gasteiger partial charge on any atom is 0.289 e. The Bertz CT molecular complexity index is 1320. The average molecular weight is 580 g/mol. The van der Waals surface area contributed by atoms with Crippen LogP contribution in [0.4, 0.5) is 4.39 Å². The second-order valence-corrected chi connectivity index (χ2v) is 9.79. The van der Waals surface area contributed by atoms with E-state index in [0.717, 1.165) is 4.90 Å². The fraction of sp³-hybridized carbons (Fsp3) is 0.423. The molecule has 2 aliphatic heterocycles. The van der Waals surface area contributed by atoms with Crippen molar-refractivity contribution in [2.24, 2.45) is 0 Å². The highest BCUT2D eigenvalue weighted by Gasteiger charge is 2.54. The van der Waals surface area contributed by atoms with E-state index in [0.29, 0.717) is 32.6 Å². The highest BCUT2D eigenvalue weighted by Crippen LogP contribution is 2.42. The van der Waals surface area contributed by atoms with Gasteiger partial charge in [0, 0.05) is 37.3 Å². The molecule has 2 aliphatic rings. The van der Waals surface area contributed by atoms with Gasteiger partial charge in [-0.05, 0) is 13.1 Å². The van der Waals surface area contributed by atoms with Gasteiger partial charge in [-0.2, -0.15) is 0 Å². The zero-order valence-corrected chi connectivity index (χ0v) is 21.9. The number of carbonyl (C=O) groups excluding carboxylic acids is 3. The summed E-state index contributed by atoms with van der Waals surface area (Å²) in [6, 6.07) is 2.60. The van der Waals surface area contributed by atoms with Gasteiger partial charge in [-0.1, -0.05) is 12.1 Å². The van der Waals surface area contributed by atoms with Crippen LogP contribution in [0.2, 0.25) is 0 Å². The van der Waals surface area contributed by atoms with Gasteiger partial charge in [0.1, 0.15) is 24.5 Å². The van der Waals surface area contributed by atoms with E-state index < -0.39 is 65.0 Å². The van der Waals surface area contributed by atoms with Gasteiger partial charge in [-0.3, -0.25) is 29.5 Å². The number of halogens is 1. The summed E-state index contributed by atoms with van der Waals surface area (Å²) in [6.07, 6.45) is -1.77. The molecule has 0 aromatic heterocycles. The van der Waals surface area contributed by atoms with Crippen LogP contribution in [0.25, 0.3) is 0 Å². The van der Waals surface area contributed by atoms with Crippen LogP contribution in [0.1, 0.15) is 27.0 Å². The summed E-state index contributed by atoms with van der Waals surface area (Å²) < 4.78 is 26.1. The Morgan fingerprint density at radius 1 is 1.12 bits per heavy atom. The number of benzene rings is 2. The first kappa shape index (κ1) is 30.1. The van der Waals surface area contributed by atoms with Gasteiger partial charge >= 0.3 is 0 Å². The molecule has 222 valence electrons. The molecule has 41 heavy (non-hydrogen) atoms. The first-order valence-corrected chi connectivity index (χ1v) is 12.5. The number of imide groups is 1. The summed E-state index contributed by atoms with van der Waals surface area (Å²) >= 11 is 0. The number of hydrogen-bond donors (Lipinski definition) is 7. The van der Waals surface area contributed by atoms with Gasteiger partial charge in [0.2, 0.25) is 5.91 Å². The van der Waals surface area contributed by atoms with E-state index >= 15 is 4.39 Å². The van der Waals surface area contributed by atoms with Crippen LogP contribution in [0.15, 0.2) is 18.2 Å². The van der Waals surface area contributed by atoms with E-state index in [1.54, 1.807) is 10.2 Å². The van der Waals surface area contributed by atoms with Crippen LogP contribution < -0.4 is 10.1 Å². The summed E-state index contributed by atoms with van der Waals surface area (Å²) in [5, 5.41) is 63.5. The molecule has 2 saturated heterocycles. The predicted octanol–water partition coefficient (Wildman–Crippen LogP) is -1.34. The molecule has 2 heterocycles. The number of aldehydes is 1. The number of amides is 2. The third-order valence-electron chi connectivity index (χ3n) is 7.14. The molecule has 0 saturated carbocycles. The second-order valence-electron chi connectivity index (χ2n) is 9.79. The van der Waals surface area contributed by atoms with Crippen molar-refractivity contribution in [3.8, 4) is 23.0 Å². The number of nitrogens with zero attached hydrogens (tertiary/aromatic N) is 2. The lowest BCUT2D eigenvalue weighted by atomic mass is 9.94. The van der Waals surface area contributed by atoms with E-state index in [1.807, 2.05) is 0 Å². The number of phenols is 3. The third kappa shape index (κ3) is 5.81. The molecule has 0 aliphatic carbocycles. The van der Waals surface area contributed by atoms with E-state index in [9.17, 15) is 45.0 Å². The highest BCUT2D eigenvalue weighted by atomic mass is 19.1. The second kappa shape index (κ2) is 11.9. The first-order chi connectivity index (χ1) is 19.4. The smallest absolute Gasteiger partial charge is 0.289 e. The minimum atomic E-state index is -3.26. The van der Waals surface area contributed by atoms with Crippen molar-refractivity contribution in [1.82, 2.24) is 15.1 Å². The molecule has 2 aromatic rings. The molecule has 2 atom stereocenters. The van der Waals surface area contributed by atoms with Crippen molar-refractivity contribution in [2.75, 3.05) is 33.4 Å². The Labute approximate surface area is 232 Å². The van der Waals surface area contributed by atoms with Crippen LogP contribution in [0, 0.1) is 5.82 Å². The van der Waals surface area contributed by atoms with Gasteiger partial charge in [0.25, 0.3) is 11.7 Å². The number of likely N-dealkylation sites (N-methyl/N-ethyl adjacent to an activating group) is 1. The van der Waals surface area contributed by atoms with Crippen molar-refractivity contribution < 1.29 is 58.9 Å². The number of aliphatic hydroxyl groups excluding tert-OH is 1. The number of hydrogen-bond acceptors (Lipinski definition) is 13. The number of rotatable bonds is 9. The minimum absolute atomic E-state index is 0.0299. The van der Waals surface area contributed by atoms with Gasteiger partial charge < -0.3 is 40.1 Å². The molecule has 4 rings (SSSR count). The zero-order valence-electron chi connectivity index (χ0n) is 21.9. The van der Waals surface area contributed by atoms with Gasteiger partial charge in [-0.25, -0.2) is 4.39 Å². The standard InChI is InChI=1S/C26H30FN3O11/c1-29(19-23(35)26(38,39)25(37)28-24(19)36)9-14-13(11-31)3-2-4-17(14)41-12-16-18(27)20(32)15(21(33)22(16)34)10-30-5-7-40-8-6-30/h2-4,11,19,23,32-35,38-39H,5-10,12H2,1H3,(H,28,36,37). The van der Waals surface area contributed by atoms with E-state index in [1.165, 1.54) is 25.2 Å². The van der Waals surface area contributed by atoms with Gasteiger partial charge in [0.05, 0.1) is 24.3 Å². The number of carbonyl (C=O) groups is 3. The molecule has 15 heteroatoms. The monoisotopic (exact) mass is 579 g/mol. The predicted molar refractivity (Wildman–Crippen MR) is 135 cm³/mol.